The average molecular weight is 435 g/mol. The molecule has 1 atom stereocenters. The SMILES string of the molecule is CCc1nn(CC)c(CC(CCl)c2cccc(Br)c2)c1Br. The van der Waals surface area contributed by atoms with E-state index in [2.05, 4.69) is 73.7 Å². The van der Waals surface area contributed by atoms with Crippen molar-refractivity contribution in [2.24, 2.45) is 0 Å². The molecule has 0 N–H and O–H groups in total. The second-order valence-corrected chi connectivity index (χ2v) is 7.00. The van der Waals surface area contributed by atoms with E-state index < -0.39 is 0 Å². The zero-order valence-corrected chi connectivity index (χ0v) is 16.2. The van der Waals surface area contributed by atoms with Gasteiger partial charge in [-0.25, -0.2) is 0 Å². The van der Waals surface area contributed by atoms with Crippen LogP contribution in [0, 0.1) is 0 Å². The molecular weight excluding hydrogens is 415 g/mol. The van der Waals surface area contributed by atoms with Gasteiger partial charge in [-0.15, -0.1) is 11.6 Å². The number of aromatic nitrogens is 2. The summed E-state index contributed by atoms with van der Waals surface area (Å²) in [7, 11) is 0. The van der Waals surface area contributed by atoms with E-state index in [1.807, 2.05) is 6.07 Å². The molecule has 2 nitrogen and oxygen atoms in total. The van der Waals surface area contributed by atoms with Gasteiger partial charge in [0.1, 0.15) is 0 Å². The first-order chi connectivity index (χ1) is 10.1. The van der Waals surface area contributed by atoms with Gasteiger partial charge < -0.3 is 0 Å². The second-order valence-electron chi connectivity index (χ2n) is 4.99. The maximum absolute atomic E-state index is 6.23. The molecule has 1 aromatic carbocycles. The number of hydrogen-bond donors (Lipinski definition) is 0. The van der Waals surface area contributed by atoms with Crippen LogP contribution in [0.3, 0.4) is 0 Å². The highest BCUT2D eigenvalue weighted by Gasteiger charge is 2.19. The Bertz CT molecular complexity index is 610. The van der Waals surface area contributed by atoms with Gasteiger partial charge in [0.25, 0.3) is 0 Å². The topological polar surface area (TPSA) is 17.8 Å². The van der Waals surface area contributed by atoms with Crippen molar-refractivity contribution < 1.29 is 0 Å². The molecule has 0 spiro atoms. The number of hydrogen-bond acceptors (Lipinski definition) is 1. The second kappa shape index (κ2) is 7.80. The number of benzene rings is 1. The van der Waals surface area contributed by atoms with Crippen LogP contribution >= 0.6 is 43.5 Å². The third kappa shape index (κ3) is 3.91. The third-order valence-corrected chi connectivity index (χ3v) is 5.42. The molecule has 1 aromatic heterocycles. The summed E-state index contributed by atoms with van der Waals surface area (Å²) in [5.41, 5.74) is 3.61. The van der Waals surface area contributed by atoms with Crippen LogP contribution in [0.2, 0.25) is 0 Å². The Balaban J connectivity index is 2.32. The van der Waals surface area contributed by atoms with Crippen LogP contribution in [0.5, 0.6) is 0 Å². The van der Waals surface area contributed by atoms with Gasteiger partial charge in [-0.2, -0.15) is 5.10 Å². The first-order valence-corrected chi connectivity index (χ1v) is 9.28. The number of alkyl halides is 1. The molecule has 0 aliphatic heterocycles. The van der Waals surface area contributed by atoms with Gasteiger partial charge in [0.05, 0.1) is 15.9 Å². The van der Waals surface area contributed by atoms with E-state index in [0.717, 1.165) is 34.0 Å². The molecule has 114 valence electrons. The molecule has 0 aliphatic rings. The largest absolute Gasteiger partial charge is 0.268 e. The van der Waals surface area contributed by atoms with E-state index in [0.29, 0.717) is 5.88 Å². The molecule has 21 heavy (non-hydrogen) atoms. The van der Waals surface area contributed by atoms with Gasteiger partial charge >= 0.3 is 0 Å². The van der Waals surface area contributed by atoms with E-state index in [-0.39, 0.29) is 5.92 Å². The molecule has 0 bridgehead atoms. The third-order valence-electron chi connectivity index (χ3n) is 3.64. The van der Waals surface area contributed by atoms with Crippen LogP contribution < -0.4 is 0 Å². The minimum absolute atomic E-state index is 0.284. The summed E-state index contributed by atoms with van der Waals surface area (Å²) in [5.74, 6) is 0.881. The summed E-state index contributed by atoms with van der Waals surface area (Å²) in [6, 6.07) is 8.38. The zero-order chi connectivity index (χ0) is 15.4. The summed E-state index contributed by atoms with van der Waals surface area (Å²) in [6.07, 6.45) is 1.82. The van der Waals surface area contributed by atoms with Crippen LogP contribution in [0.15, 0.2) is 33.2 Å². The predicted molar refractivity (Wildman–Crippen MR) is 96.3 cm³/mol. The van der Waals surface area contributed by atoms with E-state index in [9.17, 15) is 0 Å². The van der Waals surface area contributed by atoms with Crippen LogP contribution in [-0.2, 0) is 19.4 Å². The van der Waals surface area contributed by atoms with E-state index >= 15 is 0 Å². The molecular formula is C16H19Br2ClN2. The van der Waals surface area contributed by atoms with Crippen LogP contribution in [0.25, 0.3) is 0 Å². The molecule has 0 saturated heterocycles. The zero-order valence-electron chi connectivity index (χ0n) is 12.2. The smallest absolute Gasteiger partial charge is 0.0766 e. The van der Waals surface area contributed by atoms with Crippen molar-refractivity contribution >= 4 is 43.5 Å². The molecule has 0 radical (unpaired) electrons. The van der Waals surface area contributed by atoms with E-state index in [4.69, 9.17) is 11.6 Å². The molecule has 0 aliphatic carbocycles. The van der Waals surface area contributed by atoms with Gasteiger partial charge in [0, 0.05) is 22.8 Å². The highest BCUT2D eigenvalue weighted by molar-refractivity contribution is 9.10. The standard InChI is InChI=1S/C16H19Br2ClN2/c1-3-14-16(18)15(21(4-2)20-14)9-12(10-19)11-6-5-7-13(17)8-11/h5-8,12H,3-4,9-10H2,1-2H3. The van der Waals surface area contributed by atoms with Crippen molar-refractivity contribution in [2.45, 2.75) is 39.2 Å². The molecule has 5 heteroatoms. The van der Waals surface area contributed by atoms with Crippen molar-refractivity contribution in [2.75, 3.05) is 5.88 Å². The summed E-state index contributed by atoms with van der Waals surface area (Å²) >= 11 is 13.5. The van der Waals surface area contributed by atoms with E-state index in [1.165, 1.54) is 11.3 Å². The Morgan fingerprint density at radius 3 is 2.62 bits per heavy atom. The van der Waals surface area contributed by atoms with Gasteiger partial charge in [0.2, 0.25) is 0 Å². The molecule has 1 unspecified atom stereocenters. The fourth-order valence-corrected chi connectivity index (χ4v) is 3.90. The molecule has 2 rings (SSSR count). The molecule has 1 heterocycles. The van der Waals surface area contributed by atoms with Gasteiger partial charge in [0.15, 0.2) is 0 Å². The normalized spacial score (nSPS) is 12.6. The van der Waals surface area contributed by atoms with Crippen molar-refractivity contribution in [1.82, 2.24) is 9.78 Å². The summed E-state index contributed by atoms with van der Waals surface area (Å²) in [6.45, 7) is 5.13. The maximum atomic E-state index is 6.23. The molecule has 0 fully saturated rings. The van der Waals surface area contributed by atoms with Crippen LogP contribution in [0.1, 0.15) is 36.7 Å². The van der Waals surface area contributed by atoms with Gasteiger partial charge in [-0.3, -0.25) is 4.68 Å². The fourth-order valence-electron chi connectivity index (χ4n) is 2.47. The van der Waals surface area contributed by atoms with Crippen molar-refractivity contribution in [3.05, 3.63) is 50.2 Å². The van der Waals surface area contributed by atoms with Gasteiger partial charge in [-0.1, -0.05) is 35.0 Å². The van der Waals surface area contributed by atoms with Crippen molar-refractivity contribution in [3.8, 4) is 0 Å². The Kier molecular flexibility index (Phi) is 6.33. The summed E-state index contributed by atoms with van der Waals surface area (Å²) in [5, 5.41) is 4.66. The Labute approximate surface area is 148 Å². The predicted octanol–water partition coefficient (Wildman–Crippen LogP) is 5.56. The number of halogens is 3. The molecule has 0 amide bonds. The lowest BCUT2D eigenvalue weighted by Crippen LogP contribution is -2.10. The Morgan fingerprint density at radius 1 is 1.29 bits per heavy atom. The maximum Gasteiger partial charge on any atom is 0.0766 e. The lowest BCUT2D eigenvalue weighted by molar-refractivity contribution is 0.592. The fraction of sp³-hybridized carbons (Fsp3) is 0.438. The highest BCUT2D eigenvalue weighted by Crippen LogP contribution is 2.30. The molecule has 0 saturated carbocycles. The monoisotopic (exact) mass is 432 g/mol. The first kappa shape index (κ1) is 17.0. The van der Waals surface area contributed by atoms with E-state index in [1.54, 1.807) is 0 Å². The van der Waals surface area contributed by atoms with Crippen molar-refractivity contribution in [3.63, 3.8) is 0 Å². The minimum Gasteiger partial charge on any atom is -0.268 e. The highest BCUT2D eigenvalue weighted by atomic mass is 79.9. The Morgan fingerprint density at radius 2 is 2.05 bits per heavy atom. The lowest BCUT2D eigenvalue weighted by atomic mass is 9.96. The minimum atomic E-state index is 0.284. The summed E-state index contributed by atoms with van der Waals surface area (Å²) < 4.78 is 4.31. The number of aryl methyl sites for hydroxylation is 2. The summed E-state index contributed by atoms with van der Waals surface area (Å²) in [4.78, 5) is 0. The lowest BCUT2D eigenvalue weighted by Gasteiger charge is -2.16. The van der Waals surface area contributed by atoms with Crippen molar-refractivity contribution in [1.29, 1.82) is 0 Å². The van der Waals surface area contributed by atoms with Gasteiger partial charge in [-0.05, 0) is 53.4 Å². The number of nitrogens with zero attached hydrogens (tertiary/aromatic N) is 2. The average Bonchev–Trinajstić information content (AvgIpc) is 2.80. The number of rotatable bonds is 6. The quantitative estimate of drug-likeness (QED) is 0.545. The van der Waals surface area contributed by atoms with Crippen LogP contribution in [-0.4, -0.2) is 15.7 Å². The molecule has 2 aromatic rings. The van der Waals surface area contributed by atoms with Crippen LogP contribution in [0.4, 0.5) is 0 Å². The first-order valence-electron chi connectivity index (χ1n) is 7.16. The Hall–Kier alpha value is -0.320.